The summed E-state index contributed by atoms with van der Waals surface area (Å²) in [6, 6.07) is 8.06. The summed E-state index contributed by atoms with van der Waals surface area (Å²) in [5.41, 5.74) is 1.77. The van der Waals surface area contributed by atoms with Crippen LogP contribution >= 0.6 is 0 Å². The topological polar surface area (TPSA) is 92.4 Å². The fourth-order valence-corrected chi connectivity index (χ4v) is 3.47. The van der Waals surface area contributed by atoms with Gasteiger partial charge in [0.15, 0.2) is 0 Å². The van der Waals surface area contributed by atoms with E-state index in [1.54, 1.807) is 0 Å². The number of H-pyrrole nitrogens is 1. The normalized spacial score (nSPS) is 13.2. The number of para-hydroxylation sites is 1. The van der Waals surface area contributed by atoms with E-state index in [1.807, 2.05) is 31.3 Å². The van der Waals surface area contributed by atoms with Gasteiger partial charge in [-0.15, -0.1) is 0 Å². The average Bonchev–Trinajstić information content (AvgIpc) is 3.12. The van der Waals surface area contributed by atoms with Crippen LogP contribution in [0.4, 0.5) is 0 Å². The van der Waals surface area contributed by atoms with Gasteiger partial charge in [0.05, 0.1) is 11.8 Å². The molecule has 0 spiro atoms. The molecule has 7 heteroatoms. The molecule has 1 atom stereocenters. The Morgan fingerprint density at radius 1 is 1.18 bits per heavy atom. The fourth-order valence-electron chi connectivity index (χ4n) is 3.47. The van der Waals surface area contributed by atoms with E-state index in [-0.39, 0.29) is 17.5 Å². The highest BCUT2D eigenvalue weighted by Gasteiger charge is 2.20. The Hall–Kier alpha value is -3.09. The zero-order chi connectivity index (χ0) is 20.4. The molecule has 3 aromatic rings. The van der Waals surface area contributed by atoms with Crippen LogP contribution in [-0.4, -0.2) is 31.0 Å². The summed E-state index contributed by atoms with van der Waals surface area (Å²) in [5, 5.41) is 11.6. The van der Waals surface area contributed by atoms with Crippen molar-refractivity contribution in [3.8, 4) is 5.88 Å². The van der Waals surface area contributed by atoms with E-state index < -0.39 is 11.2 Å². The number of benzene rings is 1. The molecule has 2 heterocycles. The van der Waals surface area contributed by atoms with Gasteiger partial charge in [-0.3, -0.25) is 18.9 Å². The summed E-state index contributed by atoms with van der Waals surface area (Å²) in [6.07, 6.45) is 3.98. The van der Waals surface area contributed by atoms with E-state index >= 15 is 0 Å². The molecule has 1 unspecified atom stereocenters. The Morgan fingerprint density at radius 3 is 2.57 bits per heavy atom. The highest BCUT2D eigenvalue weighted by Crippen LogP contribution is 2.22. The highest BCUT2D eigenvalue weighted by molar-refractivity contribution is 6.02. The van der Waals surface area contributed by atoms with E-state index in [2.05, 4.69) is 18.0 Å². The first-order chi connectivity index (χ1) is 13.4. The number of aromatic amines is 1. The van der Waals surface area contributed by atoms with E-state index in [9.17, 15) is 14.7 Å². The van der Waals surface area contributed by atoms with Crippen LogP contribution in [0.15, 0.2) is 45.0 Å². The van der Waals surface area contributed by atoms with Crippen molar-refractivity contribution in [2.75, 3.05) is 0 Å². The third-order valence-electron chi connectivity index (χ3n) is 5.20. The second-order valence-electron chi connectivity index (χ2n) is 6.96. The van der Waals surface area contributed by atoms with E-state index in [4.69, 9.17) is 4.99 Å². The Kier molecular flexibility index (Phi) is 5.53. The third-order valence-corrected chi connectivity index (χ3v) is 5.20. The SMILES string of the molecule is CCC(=NC(CC)Cc1c[nH]c2ccccc12)c1c(O)n(C)c(=O)n(C)c1=O. The van der Waals surface area contributed by atoms with Gasteiger partial charge in [0, 0.05) is 31.2 Å². The van der Waals surface area contributed by atoms with Crippen LogP contribution in [0.5, 0.6) is 5.88 Å². The molecule has 7 nitrogen and oxygen atoms in total. The molecule has 0 saturated carbocycles. The van der Waals surface area contributed by atoms with Gasteiger partial charge in [-0.25, -0.2) is 4.79 Å². The summed E-state index contributed by atoms with van der Waals surface area (Å²) in [5.74, 6) is -0.337. The molecule has 28 heavy (non-hydrogen) atoms. The largest absolute Gasteiger partial charge is 0.494 e. The van der Waals surface area contributed by atoms with Crippen LogP contribution in [0.2, 0.25) is 0 Å². The van der Waals surface area contributed by atoms with Crippen molar-refractivity contribution in [3.05, 3.63) is 62.4 Å². The van der Waals surface area contributed by atoms with Crippen molar-refractivity contribution in [3.63, 3.8) is 0 Å². The summed E-state index contributed by atoms with van der Waals surface area (Å²) >= 11 is 0. The van der Waals surface area contributed by atoms with Gasteiger partial charge in [-0.05, 0) is 30.9 Å². The van der Waals surface area contributed by atoms with Crippen molar-refractivity contribution in [1.82, 2.24) is 14.1 Å². The lowest BCUT2D eigenvalue weighted by atomic mass is 10.0. The molecule has 2 N–H and O–H groups in total. The monoisotopic (exact) mass is 382 g/mol. The minimum atomic E-state index is -0.562. The summed E-state index contributed by atoms with van der Waals surface area (Å²) in [7, 11) is 2.85. The molecular weight excluding hydrogens is 356 g/mol. The molecular formula is C21H26N4O3. The first-order valence-corrected chi connectivity index (χ1v) is 9.50. The third kappa shape index (κ3) is 3.40. The van der Waals surface area contributed by atoms with Crippen LogP contribution in [0.1, 0.15) is 37.8 Å². The number of rotatable bonds is 6. The first-order valence-electron chi connectivity index (χ1n) is 9.50. The van der Waals surface area contributed by atoms with Crippen molar-refractivity contribution < 1.29 is 5.11 Å². The summed E-state index contributed by atoms with van der Waals surface area (Å²) in [4.78, 5) is 32.7. The number of hydrogen-bond donors (Lipinski definition) is 2. The van der Waals surface area contributed by atoms with Crippen LogP contribution in [0.3, 0.4) is 0 Å². The molecule has 1 aromatic carbocycles. The molecule has 2 aromatic heterocycles. The molecule has 0 saturated heterocycles. The molecule has 148 valence electrons. The van der Waals surface area contributed by atoms with Crippen molar-refractivity contribution in [1.29, 1.82) is 0 Å². The second-order valence-corrected chi connectivity index (χ2v) is 6.96. The Labute approximate surface area is 163 Å². The number of hydrogen-bond acceptors (Lipinski definition) is 4. The molecule has 0 bridgehead atoms. The molecule has 0 aliphatic rings. The minimum absolute atomic E-state index is 0.0458. The second kappa shape index (κ2) is 7.88. The maximum absolute atomic E-state index is 12.6. The molecule has 0 aliphatic heterocycles. The first kappa shape index (κ1) is 19.7. The Balaban J connectivity index is 2.04. The number of aromatic nitrogens is 3. The fraction of sp³-hybridized carbons (Fsp3) is 0.381. The van der Waals surface area contributed by atoms with Crippen molar-refractivity contribution in [2.45, 2.75) is 39.2 Å². The van der Waals surface area contributed by atoms with Crippen molar-refractivity contribution >= 4 is 16.6 Å². The molecule has 0 aliphatic carbocycles. The predicted molar refractivity (Wildman–Crippen MR) is 111 cm³/mol. The minimum Gasteiger partial charge on any atom is -0.494 e. The lowest BCUT2D eigenvalue weighted by molar-refractivity contribution is 0.410. The van der Waals surface area contributed by atoms with E-state index in [0.29, 0.717) is 12.1 Å². The maximum Gasteiger partial charge on any atom is 0.333 e. The molecule has 3 rings (SSSR count). The number of aromatic hydroxyl groups is 1. The van der Waals surface area contributed by atoms with Crippen LogP contribution < -0.4 is 11.2 Å². The summed E-state index contributed by atoms with van der Waals surface area (Å²) < 4.78 is 2.07. The van der Waals surface area contributed by atoms with Gasteiger partial charge in [-0.2, -0.15) is 0 Å². The van der Waals surface area contributed by atoms with Crippen LogP contribution in [-0.2, 0) is 20.5 Å². The van der Waals surface area contributed by atoms with Gasteiger partial charge in [-0.1, -0.05) is 32.0 Å². The maximum atomic E-state index is 12.6. The number of nitrogens with zero attached hydrogens (tertiary/aromatic N) is 3. The molecule has 0 radical (unpaired) electrons. The van der Waals surface area contributed by atoms with Gasteiger partial charge in [0.1, 0.15) is 5.56 Å². The van der Waals surface area contributed by atoms with Crippen LogP contribution in [0.25, 0.3) is 10.9 Å². The van der Waals surface area contributed by atoms with Gasteiger partial charge in [0.25, 0.3) is 5.56 Å². The number of aliphatic imine (C=N–C) groups is 1. The highest BCUT2D eigenvalue weighted by atomic mass is 16.3. The van der Waals surface area contributed by atoms with E-state index in [1.165, 1.54) is 19.7 Å². The molecule has 0 fully saturated rings. The average molecular weight is 382 g/mol. The van der Waals surface area contributed by atoms with E-state index in [0.717, 1.165) is 32.9 Å². The van der Waals surface area contributed by atoms with Gasteiger partial charge < -0.3 is 10.1 Å². The predicted octanol–water partition coefficient (Wildman–Crippen LogP) is 2.49. The number of fused-ring (bicyclic) bond motifs is 1. The number of nitrogens with one attached hydrogen (secondary N) is 1. The Bertz CT molecular complexity index is 1150. The lowest BCUT2D eigenvalue weighted by Crippen LogP contribution is -2.40. The van der Waals surface area contributed by atoms with Gasteiger partial charge in [0.2, 0.25) is 5.88 Å². The van der Waals surface area contributed by atoms with Crippen molar-refractivity contribution in [2.24, 2.45) is 19.1 Å². The standard InChI is InChI=1S/C21H26N4O3/c1-5-14(11-13-12-22-17-10-8-7-9-15(13)17)23-16(6-2)18-19(26)24(3)21(28)25(4)20(18)27/h7-10,12,14,22,26H,5-6,11H2,1-4H3. The Morgan fingerprint density at radius 2 is 1.89 bits per heavy atom. The zero-order valence-corrected chi connectivity index (χ0v) is 16.7. The zero-order valence-electron chi connectivity index (χ0n) is 16.7. The molecule has 0 amide bonds. The van der Waals surface area contributed by atoms with Gasteiger partial charge >= 0.3 is 5.69 Å². The summed E-state index contributed by atoms with van der Waals surface area (Å²) in [6.45, 7) is 3.94. The lowest BCUT2D eigenvalue weighted by Gasteiger charge is -2.15. The smallest absolute Gasteiger partial charge is 0.333 e. The quantitative estimate of drug-likeness (QED) is 0.642. The van der Waals surface area contributed by atoms with Crippen LogP contribution in [0, 0.1) is 0 Å².